The van der Waals surface area contributed by atoms with Crippen LogP contribution in [0.4, 0.5) is 0 Å². The van der Waals surface area contributed by atoms with Crippen LogP contribution in [0.5, 0.6) is 0 Å². The molecule has 0 spiro atoms. The number of hydrogen-bond donors (Lipinski definition) is 1. The van der Waals surface area contributed by atoms with Gasteiger partial charge in [0.15, 0.2) is 0 Å². The largest absolute Gasteiger partial charge is 0.480 e. The summed E-state index contributed by atoms with van der Waals surface area (Å²) in [6.07, 6.45) is 1.68. The predicted molar refractivity (Wildman–Crippen MR) is 88.6 cm³/mol. The van der Waals surface area contributed by atoms with E-state index in [1.807, 2.05) is 0 Å². The van der Waals surface area contributed by atoms with Gasteiger partial charge in [-0.15, -0.1) is 5.10 Å². The Kier molecular flexibility index (Phi) is 5.02. The van der Waals surface area contributed by atoms with E-state index in [4.69, 9.17) is 4.74 Å². The second-order valence-electron chi connectivity index (χ2n) is 5.92. The van der Waals surface area contributed by atoms with Gasteiger partial charge in [-0.2, -0.15) is 4.31 Å². The van der Waals surface area contributed by atoms with Crippen LogP contribution in [0.2, 0.25) is 0 Å². The van der Waals surface area contributed by atoms with E-state index in [0.717, 1.165) is 4.31 Å². The van der Waals surface area contributed by atoms with Crippen molar-refractivity contribution in [3.05, 3.63) is 18.2 Å². The summed E-state index contributed by atoms with van der Waals surface area (Å²) in [5, 5.41) is 17.3. The first-order valence-electron chi connectivity index (χ1n) is 8.02. The zero-order valence-electron chi connectivity index (χ0n) is 13.8. The van der Waals surface area contributed by atoms with E-state index < -0.39 is 22.0 Å². The first-order chi connectivity index (χ1) is 11.9. The highest BCUT2D eigenvalue weighted by atomic mass is 32.2. The number of sulfonamides is 1. The van der Waals surface area contributed by atoms with Crippen molar-refractivity contribution in [2.24, 2.45) is 0 Å². The standard InChI is InChI=1S/C15H20N4O5S/c1-24-9-8-18-13-6-5-11(10-12(13)16-17-18)25(22,23)19-7-3-2-4-14(19)15(20)21/h5-6,10,14H,2-4,7-9H2,1H3,(H,20,21). The molecule has 1 saturated heterocycles. The first kappa shape index (κ1) is 17.8. The smallest absolute Gasteiger partial charge is 0.322 e. The maximum atomic E-state index is 12.9. The topological polar surface area (TPSA) is 115 Å². The van der Waals surface area contributed by atoms with Gasteiger partial charge in [-0.25, -0.2) is 13.1 Å². The summed E-state index contributed by atoms with van der Waals surface area (Å²) in [6.45, 7) is 1.18. The van der Waals surface area contributed by atoms with E-state index in [2.05, 4.69) is 10.3 Å². The number of piperidine rings is 1. The summed E-state index contributed by atoms with van der Waals surface area (Å²) in [7, 11) is -2.32. The van der Waals surface area contributed by atoms with Crippen molar-refractivity contribution in [2.45, 2.75) is 36.7 Å². The van der Waals surface area contributed by atoms with Crippen LogP contribution in [0, 0.1) is 0 Å². The van der Waals surface area contributed by atoms with Gasteiger partial charge in [-0.3, -0.25) is 4.79 Å². The maximum Gasteiger partial charge on any atom is 0.322 e. The van der Waals surface area contributed by atoms with Crippen molar-refractivity contribution < 1.29 is 23.1 Å². The molecule has 2 heterocycles. The van der Waals surface area contributed by atoms with Gasteiger partial charge in [0.05, 0.1) is 23.6 Å². The van der Waals surface area contributed by atoms with E-state index in [0.29, 0.717) is 43.4 Å². The average molecular weight is 368 g/mol. The zero-order valence-corrected chi connectivity index (χ0v) is 14.6. The normalized spacial score (nSPS) is 19.3. The minimum absolute atomic E-state index is 0.0342. The number of aliphatic carboxylic acids is 1. The van der Waals surface area contributed by atoms with Crippen LogP contribution in [0.25, 0.3) is 11.0 Å². The number of rotatable bonds is 6. The number of methoxy groups -OCH3 is 1. The van der Waals surface area contributed by atoms with Gasteiger partial charge in [0.2, 0.25) is 10.0 Å². The third kappa shape index (κ3) is 3.37. The number of carboxylic acid groups (broad SMARTS) is 1. The van der Waals surface area contributed by atoms with E-state index in [1.54, 1.807) is 17.9 Å². The van der Waals surface area contributed by atoms with Gasteiger partial charge < -0.3 is 9.84 Å². The number of carbonyl (C=O) groups is 1. The third-order valence-corrected chi connectivity index (χ3v) is 6.24. The Morgan fingerprint density at radius 3 is 2.92 bits per heavy atom. The van der Waals surface area contributed by atoms with Crippen LogP contribution in [0.15, 0.2) is 23.1 Å². The molecule has 25 heavy (non-hydrogen) atoms. The molecule has 1 aliphatic rings. The second kappa shape index (κ2) is 7.06. The molecule has 1 atom stereocenters. The highest BCUT2D eigenvalue weighted by Gasteiger charge is 2.37. The molecule has 136 valence electrons. The molecule has 0 bridgehead atoms. The van der Waals surface area contributed by atoms with Crippen LogP contribution in [0.3, 0.4) is 0 Å². The molecule has 1 N–H and O–H groups in total. The quantitative estimate of drug-likeness (QED) is 0.798. The Labute approximate surface area is 145 Å². The Morgan fingerprint density at radius 1 is 1.40 bits per heavy atom. The number of aromatic nitrogens is 3. The van der Waals surface area contributed by atoms with Crippen LogP contribution < -0.4 is 0 Å². The summed E-state index contributed by atoms with van der Waals surface area (Å²) in [5.74, 6) is -1.12. The fourth-order valence-electron chi connectivity index (χ4n) is 3.03. The molecule has 0 aliphatic carbocycles. The number of ether oxygens (including phenoxy) is 1. The number of nitrogens with zero attached hydrogens (tertiary/aromatic N) is 4. The lowest BCUT2D eigenvalue weighted by Crippen LogP contribution is -2.47. The van der Waals surface area contributed by atoms with Gasteiger partial charge in [0.25, 0.3) is 0 Å². The summed E-state index contributed by atoms with van der Waals surface area (Å²) in [5.41, 5.74) is 1.14. The molecule has 0 amide bonds. The molecule has 1 fully saturated rings. The van der Waals surface area contributed by atoms with Gasteiger partial charge in [0, 0.05) is 13.7 Å². The van der Waals surface area contributed by atoms with Crippen molar-refractivity contribution >= 4 is 27.0 Å². The maximum absolute atomic E-state index is 12.9. The van der Waals surface area contributed by atoms with Crippen LogP contribution >= 0.6 is 0 Å². The van der Waals surface area contributed by atoms with E-state index in [-0.39, 0.29) is 11.4 Å². The molecule has 2 aromatic rings. The number of benzene rings is 1. The molecular weight excluding hydrogens is 348 g/mol. The van der Waals surface area contributed by atoms with Crippen molar-refractivity contribution in [3.63, 3.8) is 0 Å². The molecule has 1 aliphatic heterocycles. The van der Waals surface area contributed by atoms with Crippen LogP contribution in [0.1, 0.15) is 19.3 Å². The fraction of sp³-hybridized carbons (Fsp3) is 0.533. The Morgan fingerprint density at radius 2 is 2.20 bits per heavy atom. The Bertz CT molecular complexity index is 879. The lowest BCUT2D eigenvalue weighted by molar-refractivity contribution is -0.142. The number of carboxylic acids is 1. The second-order valence-corrected chi connectivity index (χ2v) is 7.81. The summed E-state index contributed by atoms with van der Waals surface area (Å²) in [6, 6.07) is 3.52. The van der Waals surface area contributed by atoms with E-state index >= 15 is 0 Å². The van der Waals surface area contributed by atoms with E-state index in [9.17, 15) is 18.3 Å². The molecule has 3 rings (SSSR count). The molecule has 1 unspecified atom stereocenters. The summed E-state index contributed by atoms with van der Waals surface area (Å²) < 4.78 is 33.5. The third-order valence-electron chi connectivity index (χ3n) is 4.34. The molecule has 1 aromatic carbocycles. The molecule has 9 nitrogen and oxygen atoms in total. The Hall–Kier alpha value is -2.04. The van der Waals surface area contributed by atoms with Gasteiger partial charge in [0.1, 0.15) is 11.6 Å². The number of fused-ring (bicyclic) bond motifs is 1. The van der Waals surface area contributed by atoms with Gasteiger partial charge in [-0.1, -0.05) is 5.21 Å². The fourth-order valence-corrected chi connectivity index (χ4v) is 4.70. The lowest BCUT2D eigenvalue weighted by Gasteiger charge is -2.31. The van der Waals surface area contributed by atoms with E-state index in [1.165, 1.54) is 12.1 Å². The zero-order chi connectivity index (χ0) is 18.0. The molecule has 0 saturated carbocycles. The van der Waals surface area contributed by atoms with Gasteiger partial charge >= 0.3 is 5.97 Å². The molecule has 10 heteroatoms. The van der Waals surface area contributed by atoms with Gasteiger partial charge in [-0.05, 0) is 37.5 Å². The molecular formula is C15H20N4O5S. The summed E-state index contributed by atoms with van der Waals surface area (Å²) >= 11 is 0. The monoisotopic (exact) mass is 368 g/mol. The molecule has 1 aromatic heterocycles. The minimum Gasteiger partial charge on any atom is -0.480 e. The Balaban J connectivity index is 1.95. The minimum atomic E-state index is -3.90. The number of hydrogen-bond acceptors (Lipinski definition) is 6. The highest BCUT2D eigenvalue weighted by molar-refractivity contribution is 7.89. The van der Waals surface area contributed by atoms with Crippen molar-refractivity contribution in [2.75, 3.05) is 20.3 Å². The highest BCUT2D eigenvalue weighted by Crippen LogP contribution is 2.27. The van der Waals surface area contributed by atoms with Crippen LogP contribution in [-0.4, -0.2) is 65.1 Å². The SMILES string of the molecule is COCCn1nnc2cc(S(=O)(=O)N3CCCCC3C(=O)O)ccc21. The predicted octanol–water partition coefficient (Wildman–Crippen LogP) is 0.706. The first-order valence-corrected chi connectivity index (χ1v) is 9.46. The van der Waals surface area contributed by atoms with Crippen molar-refractivity contribution in [3.8, 4) is 0 Å². The summed E-state index contributed by atoms with van der Waals surface area (Å²) in [4.78, 5) is 11.4. The molecule has 0 radical (unpaired) electrons. The van der Waals surface area contributed by atoms with Crippen molar-refractivity contribution in [1.82, 2.24) is 19.3 Å². The average Bonchev–Trinajstić information content (AvgIpc) is 3.02. The van der Waals surface area contributed by atoms with Crippen LogP contribution in [-0.2, 0) is 26.1 Å². The van der Waals surface area contributed by atoms with Crippen molar-refractivity contribution in [1.29, 1.82) is 0 Å². The lowest BCUT2D eigenvalue weighted by atomic mass is 10.1.